The van der Waals surface area contributed by atoms with E-state index in [1.807, 2.05) is 0 Å². The standard InChI is InChI=1S/C9H18N2O3/c1-9(2,3)14-7(12)5-4-6(10)8(11)13/h6H,4-5,10H2,1-3H3,(H2,11,13). The summed E-state index contributed by atoms with van der Waals surface area (Å²) in [5.41, 5.74) is 9.77. The Labute approximate surface area is 83.8 Å². The van der Waals surface area contributed by atoms with Crippen molar-refractivity contribution >= 4 is 11.9 Å². The molecule has 4 N–H and O–H groups in total. The molecule has 5 nitrogen and oxygen atoms in total. The molecule has 0 rings (SSSR count). The molecule has 0 aromatic carbocycles. The number of nitrogens with two attached hydrogens (primary N) is 2. The van der Waals surface area contributed by atoms with Gasteiger partial charge in [-0.25, -0.2) is 0 Å². The lowest BCUT2D eigenvalue weighted by molar-refractivity contribution is -0.155. The van der Waals surface area contributed by atoms with E-state index in [2.05, 4.69) is 0 Å². The van der Waals surface area contributed by atoms with E-state index in [9.17, 15) is 9.59 Å². The van der Waals surface area contributed by atoms with Gasteiger partial charge in [-0.05, 0) is 27.2 Å². The number of carbonyl (C=O) groups excluding carboxylic acids is 2. The van der Waals surface area contributed by atoms with Crippen LogP contribution in [-0.2, 0) is 14.3 Å². The van der Waals surface area contributed by atoms with Crippen molar-refractivity contribution in [2.45, 2.75) is 45.3 Å². The Kier molecular flexibility index (Phi) is 4.56. The summed E-state index contributed by atoms with van der Waals surface area (Å²) in [4.78, 5) is 21.7. The second-order valence-corrected chi connectivity index (χ2v) is 4.13. The number of primary amides is 1. The molecule has 0 heterocycles. The van der Waals surface area contributed by atoms with E-state index in [1.165, 1.54) is 0 Å². The lowest BCUT2D eigenvalue weighted by Gasteiger charge is -2.19. The molecule has 0 bridgehead atoms. The fraction of sp³-hybridized carbons (Fsp3) is 0.778. The van der Waals surface area contributed by atoms with Crippen molar-refractivity contribution in [3.8, 4) is 0 Å². The van der Waals surface area contributed by atoms with Crippen molar-refractivity contribution in [3.05, 3.63) is 0 Å². The third-order valence-corrected chi connectivity index (χ3v) is 1.44. The SMILES string of the molecule is CC(C)(C)OC(=O)CCC(N)C(N)=O. The van der Waals surface area contributed by atoms with Crippen LogP contribution in [0.1, 0.15) is 33.6 Å². The van der Waals surface area contributed by atoms with Gasteiger partial charge < -0.3 is 16.2 Å². The molecule has 0 aliphatic rings. The zero-order valence-electron chi connectivity index (χ0n) is 8.87. The number of carbonyl (C=O) groups is 2. The lowest BCUT2D eigenvalue weighted by Crippen LogP contribution is -2.37. The lowest BCUT2D eigenvalue weighted by atomic mass is 10.1. The van der Waals surface area contributed by atoms with Gasteiger partial charge in [-0.3, -0.25) is 9.59 Å². The molecule has 0 saturated carbocycles. The molecule has 82 valence electrons. The quantitative estimate of drug-likeness (QED) is 0.623. The van der Waals surface area contributed by atoms with E-state index in [4.69, 9.17) is 16.2 Å². The monoisotopic (exact) mass is 202 g/mol. The number of esters is 1. The Morgan fingerprint density at radius 3 is 2.21 bits per heavy atom. The summed E-state index contributed by atoms with van der Waals surface area (Å²) < 4.78 is 5.02. The van der Waals surface area contributed by atoms with Gasteiger partial charge in [0.2, 0.25) is 5.91 Å². The second-order valence-electron chi connectivity index (χ2n) is 4.13. The first-order chi connectivity index (χ1) is 6.22. The molecule has 0 saturated heterocycles. The van der Waals surface area contributed by atoms with Gasteiger partial charge in [-0.15, -0.1) is 0 Å². The van der Waals surface area contributed by atoms with Gasteiger partial charge in [-0.1, -0.05) is 0 Å². The number of amides is 1. The number of ether oxygens (including phenoxy) is 1. The van der Waals surface area contributed by atoms with Crippen LogP contribution in [0.15, 0.2) is 0 Å². The first-order valence-corrected chi connectivity index (χ1v) is 4.49. The predicted molar refractivity (Wildman–Crippen MR) is 52.2 cm³/mol. The second kappa shape index (κ2) is 4.95. The molecule has 0 fully saturated rings. The number of hydrogen-bond donors (Lipinski definition) is 2. The molecule has 1 unspecified atom stereocenters. The predicted octanol–water partition coefficient (Wildman–Crippen LogP) is -0.0791. The van der Waals surface area contributed by atoms with E-state index in [-0.39, 0.29) is 18.8 Å². The smallest absolute Gasteiger partial charge is 0.306 e. The zero-order valence-corrected chi connectivity index (χ0v) is 8.87. The summed E-state index contributed by atoms with van der Waals surface area (Å²) in [6, 6.07) is -0.775. The van der Waals surface area contributed by atoms with E-state index in [0.717, 1.165) is 0 Å². The molecule has 0 radical (unpaired) electrons. The molecular formula is C9H18N2O3. The summed E-state index contributed by atoms with van der Waals surface area (Å²) in [6.45, 7) is 5.33. The maximum absolute atomic E-state index is 11.2. The van der Waals surface area contributed by atoms with Crippen LogP contribution in [0.25, 0.3) is 0 Å². The van der Waals surface area contributed by atoms with Gasteiger partial charge in [0, 0.05) is 6.42 Å². The van der Waals surface area contributed by atoms with E-state index in [0.29, 0.717) is 0 Å². The van der Waals surface area contributed by atoms with Gasteiger partial charge in [0.25, 0.3) is 0 Å². The Morgan fingerprint density at radius 1 is 1.36 bits per heavy atom. The number of rotatable bonds is 4. The van der Waals surface area contributed by atoms with Crippen molar-refractivity contribution in [1.29, 1.82) is 0 Å². The molecule has 0 aromatic heterocycles. The van der Waals surface area contributed by atoms with Crippen LogP contribution in [0, 0.1) is 0 Å². The van der Waals surface area contributed by atoms with Crippen molar-refractivity contribution in [3.63, 3.8) is 0 Å². The van der Waals surface area contributed by atoms with Gasteiger partial charge in [0.05, 0.1) is 6.04 Å². The van der Waals surface area contributed by atoms with E-state index >= 15 is 0 Å². The highest BCUT2D eigenvalue weighted by Crippen LogP contribution is 2.09. The average molecular weight is 202 g/mol. The largest absolute Gasteiger partial charge is 0.460 e. The maximum Gasteiger partial charge on any atom is 0.306 e. The Morgan fingerprint density at radius 2 is 1.86 bits per heavy atom. The van der Waals surface area contributed by atoms with Crippen LogP contribution < -0.4 is 11.5 Å². The molecular weight excluding hydrogens is 184 g/mol. The average Bonchev–Trinajstić information content (AvgIpc) is 1.96. The molecule has 0 aliphatic carbocycles. The van der Waals surface area contributed by atoms with Crippen LogP contribution >= 0.6 is 0 Å². The zero-order chi connectivity index (χ0) is 11.4. The van der Waals surface area contributed by atoms with Gasteiger partial charge >= 0.3 is 5.97 Å². The van der Waals surface area contributed by atoms with Crippen LogP contribution in [0.5, 0.6) is 0 Å². The third-order valence-electron chi connectivity index (χ3n) is 1.44. The molecule has 1 amide bonds. The fourth-order valence-electron chi connectivity index (χ4n) is 0.808. The molecule has 0 aromatic rings. The summed E-state index contributed by atoms with van der Waals surface area (Å²) in [5.74, 6) is -0.970. The number of hydrogen-bond acceptors (Lipinski definition) is 4. The Hall–Kier alpha value is -1.10. The summed E-state index contributed by atoms with van der Waals surface area (Å²) in [5, 5.41) is 0. The summed E-state index contributed by atoms with van der Waals surface area (Å²) in [6.07, 6.45) is 0.339. The normalized spacial score (nSPS) is 13.4. The maximum atomic E-state index is 11.2. The van der Waals surface area contributed by atoms with Crippen molar-refractivity contribution in [2.75, 3.05) is 0 Å². The minimum absolute atomic E-state index is 0.112. The minimum atomic E-state index is -0.775. The van der Waals surface area contributed by atoms with E-state index < -0.39 is 17.6 Å². The van der Waals surface area contributed by atoms with Gasteiger partial charge in [-0.2, -0.15) is 0 Å². The molecule has 14 heavy (non-hydrogen) atoms. The highest BCUT2D eigenvalue weighted by Gasteiger charge is 2.18. The molecule has 1 atom stereocenters. The fourth-order valence-corrected chi connectivity index (χ4v) is 0.808. The van der Waals surface area contributed by atoms with Crippen molar-refractivity contribution < 1.29 is 14.3 Å². The Bertz CT molecular complexity index is 221. The minimum Gasteiger partial charge on any atom is -0.460 e. The van der Waals surface area contributed by atoms with Crippen LogP contribution in [0.4, 0.5) is 0 Å². The van der Waals surface area contributed by atoms with Crippen LogP contribution in [0.3, 0.4) is 0 Å². The van der Waals surface area contributed by atoms with Crippen LogP contribution in [0.2, 0.25) is 0 Å². The highest BCUT2D eigenvalue weighted by atomic mass is 16.6. The molecule has 0 spiro atoms. The van der Waals surface area contributed by atoms with Crippen LogP contribution in [-0.4, -0.2) is 23.5 Å². The van der Waals surface area contributed by atoms with Crippen molar-refractivity contribution in [1.82, 2.24) is 0 Å². The first kappa shape index (κ1) is 12.9. The summed E-state index contributed by atoms with van der Waals surface area (Å²) in [7, 11) is 0. The molecule has 5 heteroatoms. The molecule has 0 aliphatic heterocycles. The highest BCUT2D eigenvalue weighted by molar-refractivity contribution is 5.80. The Balaban J connectivity index is 3.81. The first-order valence-electron chi connectivity index (χ1n) is 4.49. The van der Waals surface area contributed by atoms with Crippen molar-refractivity contribution in [2.24, 2.45) is 11.5 Å². The topological polar surface area (TPSA) is 95.4 Å². The van der Waals surface area contributed by atoms with Gasteiger partial charge in [0.1, 0.15) is 5.60 Å². The third kappa shape index (κ3) is 6.42. The summed E-state index contributed by atoms with van der Waals surface area (Å²) >= 11 is 0. The van der Waals surface area contributed by atoms with E-state index in [1.54, 1.807) is 20.8 Å². The van der Waals surface area contributed by atoms with Gasteiger partial charge in [0.15, 0.2) is 0 Å².